The van der Waals surface area contributed by atoms with Gasteiger partial charge < -0.3 is 0 Å². The van der Waals surface area contributed by atoms with Crippen molar-refractivity contribution in [1.29, 1.82) is 0 Å². The highest BCUT2D eigenvalue weighted by atomic mass is 14.6. The van der Waals surface area contributed by atoms with E-state index in [0.29, 0.717) is 10.8 Å². The summed E-state index contributed by atoms with van der Waals surface area (Å²) in [7, 11) is 0. The highest BCUT2D eigenvalue weighted by molar-refractivity contribution is 5.22. The first-order chi connectivity index (χ1) is 6.98. The van der Waals surface area contributed by atoms with E-state index in [1.165, 1.54) is 44.1 Å². The fourth-order valence-corrected chi connectivity index (χ4v) is 3.41. The lowest BCUT2D eigenvalue weighted by atomic mass is 9.58. The van der Waals surface area contributed by atoms with E-state index < -0.39 is 0 Å². The maximum Gasteiger partial charge on any atom is -0.00621 e. The van der Waals surface area contributed by atoms with Crippen molar-refractivity contribution in [3.8, 4) is 0 Å². The molecule has 0 heteroatoms. The minimum absolute atomic E-state index is 0.407. The van der Waals surface area contributed by atoms with Crippen molar-refractivity contribution in [1.82, 2.24) is 0 Å². The molecule has 0 radical (unpaired) electrons. The van der Waals surface area contributed by atoms with Crippen LogP contribution in [0.4, 0.5) is 0 Å². The molecule has 0 aromatic carbocycles. The molecule has 0 bridgehead atoms. The standard InChI is InChI=1S/C15H24/c1-12-7-10-14(3,11-8-12)15(4)9-5-6-13(15)2/h7H,2,5-6,8-11H2,1,3-4H3/t14-,15+/m1/s1/i1+2. The van der Waals surface area contributed by atoms with Gasteiger partial charge in [0, 0.05) is 0 Å². The Balaban J connectivity index is 2.26. The second-order valence-corrected chi connectivity index (χ2v) is 6.10. The SMILES string of the molecule is C=C1CCC[C@]1(C)[C@]1(C)CC=C([14CH3])CC1. The molecule has 2 atom stereocenters. The zero-order valence-corrected chi connectivity index (χ0v) is 10.5. The predicted octanol–water partition coefficient (Wildman–Crippen LogP) is 4.87. The molecular weight excluding hydrogens is 182 g/mol. The van der Waals surface area contributed by atoms with E-state index in [4.69, 9.17) is 0 Å². The van der Waals surface area contributed by atoms with E-state index >= 15 is 0 Å². The molecule has 2 rings (SSSR count). The maximum atomic E-state index is 4.33. The summed E-state index contributed by atoms with van der Waals surface area (Å²) in [6.07, 6.45) is 10.3. The van der Waals surface area contributed by atoms with Crippen LogP contribution >= 0.6 is 0 Å². The summed E-state index contributed by atoms with van der Waals surface area (Å²) in [5.41, 5.74) is 3.97. The van der Waals surface area contributed by atoms with Crippen molar-refractivity contribution >= 4 is 0 Å². The molecule has 84 valence electrons. The van der Waals surface area contributed by atoms with Gasteiger partial charge in [-0.25, -0.2) is 0 Å². The van der Waals surface area contributed by atoms with Crippen molar-refractivity contribution in [2.45, 2.75) is 59.3 Å². The molecule has 0 N–H and O–H groups in total. The highest BCUT2D eigenvalue weighted by Crippen LogP contribution is 2.58. The highest BCUT2D eigenvalue weighted by Gasteiger charge is 2.47. The average Bonchev–Trinajstić information content (AvgIpc) is 2.54. The zero-order valence-electron chi connectivity index (χ0n) is 10.5. The third-order valence-corrected chi connectivity index (χ3v) is 5.24. The van der Waals surface area contributed by atoms with Crippen LogP contribution in [-0.4, -0.2) is 0 Å². The first kappa shape index (κ1) is 11.0. The monoisotopic (exact) mass is 206 g/mol. The first-order valence-corrected chi connectivity index (χ1v) is 6.32. The Hall–Kier alpha value is -0.520. The first-order valence-electron chi connectivity index (χ1n) is 6.32. The fourth-order valence-electron chi connectivity index (χ4n) is 3.41. The lowest BCUT2D eigenvalue weighted by molar-refractivity contribution is 0.0986. The maximum absolute atomic E-state index is 4.33. The van der Waals surface area contributed by atoms with Crippen LogP contribution in [-0.2, 0) is 0 Å². The Morgan fingerprint density at radius 2 is 2.00 bits per heavy atom. The van der Waals surface area contributed by atoms with Gasteiger partial charge in [0.2, 0.25) is 0 Å². The van der Waals surface area contributed by atoms with E-state index in [9.17, 15) is 0 Å². The van der Waals surface area contributed by atoms with Crippen molar-refractivity contribution in [2.24, 2.45) is 10.8 Å². The summed E-state index contributed by atoms with van der Waals surface area (Å²) >= 11 is 0. The second kappa shape index (κ2) is 3.50. The summed E-state index contributed by atoms with van der Waals surface area (Å²) in [6, 6.07) is 0. The largest absolute Gasteiger partial charge is 0.0993 e. The molecule has 15 heavy (non-hydrogen) atoms. The molecule has 0 saturated heterocycles. The molecule has 0 heterocycles. The van der Waals surface area contributed by atoms with E-state index in [0.717, 1.165) is 0 Å². The third-order valence-electron chi connectivity index (χ3n) is 5.24. The van der Waals surface area contributed by atoms with Crippen molar-refractivity contribution in [2.75, 3.05) is 0 Å². The minimum Gasteiger partial charge on any atom is -0.0993 e. The predicted molar refractivity (Wildman–Crippen MR) is 66.8 cm³/mol. The molecule has 0 aromatic rings. The van der Waals surface area contributed by atoms with Gasteiger partial charge in [-0.2, -0.15) is 0 Å². The Morgan fingerprint density at radius 1 is 1.27 bits per heavy atom. The van der Waals surface area contributed by atoms with Crippen LogP contribution in [0.25, 0.3) is 0 Å². The van der Waals surface area contributed by atoms with Crippen LogP contribution in [0.15, 0.2) is 23.8 Å². The van der Waals surface area contributed by atoms with Crippen molar-refractivity contribution in [3.63, 3.8) is 0 Å². The Labute approximate surface area is 94.5 Å². The topological polar surface area (TPSA) is 0 Å². The molecule has 2 aliphatic carbocycles. The fraction of sp³-hybridized carbons (Fsp3) is 0.733. The summed E-state index contributed by atoms with van der Waals surface area (Å²) in [5.74, 6) is 0. The summed E-state index contributed by atoms with van der Waals surface area (Å²) in [6.45, 7) is 11.5. The van der Waals surface area contributed by atoms with Crippen LogP contribution in [0, 0.1) is 10.8 Å². The molecule has 0 spiro atoms. The molecule has 0 unspecified atom stereocenters. The molecule has 2 aliphatic rings. The van der Waals surface area contributed by atoms with Gasteiger partial charge in [-0.1, -0.05) is 37.6 Å². The Bertz CT molecular complexity index is 310. The van der Waals surface area contributed by atoms with Crippen molar-refractivity contribution < 1.29 is 0 Å². The van der Waals surface area contributed by atoms with E-state index in [1.807, 2.05) is 0 Å². The van der Waals surface area contributed by atoms with Gasteiger partial charge in [-0.05, 0) is 56.3 Å². The van der Waals surface area contributed by atoms with Gasteiger partial charge in [-0.15, -0.1) is 0 Å². The molecule has 1 saturated carbocycles. The second-order valence-electron chi connectivity index (χ2n) is 6.10. The van der Waals surface area contributed by atoms with Crippen LogP contribution in [0.2, 0.25) is 0 Å². The minimum atomic E-state index is 0.407. The molecule has 0 aliphatic heterocycles. The molecule has 0 aromatic heterocycles. The number of hydrogen-bond donors (Lipinski definition) is 0. The average molecular weight is 206 g/mol. The summed E-state index contributed by atoms with van der Waals surface area (Å²) < 4.78 is 0. The van der Waals surface area contributed by atoms with Gasteiger partial charge in [0.05, 0.1) is 0 Å². The van der Waals surface area contributed by atoms with Gasteiger partial charge in [0.15, 0.2) is 0 Å². The number of rotatable bonds is 1. The van der Waals surface area contributed by atoms with Gasteiger partial charge in [-0.3, -0.25) is 0 Å². The van der Waals surface area contributed by atoms with Crippen LogP contribution in [0.1, 0.15) is 59.3 Å². The zero-order chi connectivity index (χ0) is 11.1. The van der Waals surface area contributed by atoms with Crippen LogP contribution in [0.3, 0.4) is 0 Å². The molecule has 1 fully saturated rings. The third kappa shape index (κ3) is 1.58. The number of allylic oxidation sites excluding steroid dienone is 3. The Morgan fingerprint density at radius 3 is 2.47 bits per heavy atom. The molecule has 0 amide bonds. The normalized spacial score (nSPS) is 41.8. The van der Waals surface area contributed by atoms with E-state index in [1.54, 1.807) is 5.57 Å². The quantitative estimate of drug-likeness (QED) is 0.537. The van der Waals surface area contributed by atoms with Crippen molar-refractivity contribution in [3.05, 3.63) is 23.8 Å². The van der Waals surface area contributed by atoms with E-state index in [2.05, 4.69) is 33.4 Å². The summed E-state index contributed by atoms with van der Waals surface area (Å²) in [5, 5.41) is 0. The van der Waals surface area contributed by atoms with Crippen LogP contribution < -0.4 is 0 Å². The summed E-state index contributed by atoms with van der Waals surface area (Å²) in [4.78, 5) is 0. The lowest BCUT2D eigenvalue weighted by Gasteiger charge is -2.47. The van der Waals surface area contributed by atoms with E-state index in [-0.39, 0.29) is 0 Å². The molecule has 0 nitrogen and oxygen atoms in total. The van der Waals surface area contributed by atoms with Gasteiger partial charge >= 0.3 is 0 Å². The van der Waals surface area contributed by atoms with Gasteiger partial charge in [0.25, 0.3) is 0 Å². The Kier molecular flexibility index (Phi) is 2.56. The molecular formula is C15H24. The smallest absolute Gasteiger partial charge is 0.00621 e. The number of hydrogen-bond acceptors (Lipinski definition) is 0. The van der Waals surface area contributed by atoms with Gasteiger partial charge in [0.1, 0.15) is 0 Å². The van der Waals surface area contributed by atoms with Crippen LogP contribution in [0.5, 0.6) is 0 Å². The lowest BCUT2D eigenvalue weighted by Crippen LogP contribution is -2.37.